The van der Waals surface area contributed by atoms with Crippen LogP contribution < -0.4 is 0 Å². The van der Waals surface area contributed by atoms with Crippen molar-refractivity contribution in [3.05, 3.63) is 200 Å². The van der Waals surface area contributed by atoms with E-state index in [1.165, 1.54) is 81.0 Å². The lowest BCUT2D eigenvalue weighted by Crippen LogP contribution is -1.91. The van der Waals surface area contributed by atoms with E-state index in [4.69, 9.17) is 4.98 Å². The predicted molar refractivity (Wildman–Crippen MR) is 245 cm³/mol. The van der Waals surface area contributed by atoms with Crippen LogP contribution in [0.1, 0.15) is 5.56 Å². The summed E-state index contributed by atoms with van der Waals surface area (Å²) in [6, 6.07) is 70.1. The molecule has 0 unspecified atom stereocenters. The first-order chi connectivity index (χ1) is 28.7. The first-order valence-electron chi connectivity index (χ1n) is 19.7. The molecule has 0 bridgehead atoms. The van der Waals surface area contributed by atoms with Gasteiger partial charge in [0.05, 0.1) is 17.1 Å². The molecule has 0 radical (unpaired) electrons. The molecule has 2 heteroatoms. The molecule has 1 aromatic heterocycles. The van der Waals surface area contributed by atoms with Crippen molar-refractivity contribution in [1.29, 1.82) is 5.26 Å². The van der Waals surface area contributed by atoms with E-state index >= 15 is 0 Å². The Bertz CT molecular complexity index is 3760. The normalized spacial score (nSPS) is 11.8. The first kappa shape index (κ1) is 32.4. The maximum Gasteiger partial charge on any atom is 0.0992 e. The second-order valence-electron chi connectivity index (χ2n) is 15.4. The van der Waals surface area contributed by atoms with Crippen molar-refractivity contribution in [1.82, 2.24) is 4.98 Å². The van der Waals surface area contributed by atoms with Gasteiger partial charge in [-0.15, -0.1) is 0 Å². The van der Waals surface area contributed by atoms with Crippen molar-refractivity contribution >= 4 is 86.3 Å². The second-order valence-corrected chi connectivity index (χ2v) is 15.4. The quantitative estimate of drug-likeness (QED) is 0.170. The Labute approximate surface area is 334 Å². The minimum Gasteiger partial charge on any atom is -0.256 e. The Morgan fingerprint density at radius 2 is 0.862 bits per heavy atom. The third kappa shape index (κ3) is 4.87. The van der Waals surface area contributed by atoms with Gasteiger partial charge in [-0.1, -0.05) is 146 Å². The minimum absolute atomic E-state index is 0.620. The minimum atomic E-state index is 0.620. The summed E-state index contributed by atoms with van der Waals surface area (Å²) >= 11 is 0. The molecule has 0 aliphatic heterocycles. The number of pyridine rings is 1. The van der Waals surface area contributed by atoms with Crippen molar-refractivity contribution in [2.75, 3.05) is 0 Å². The summed E-state index contributed by atoms with van der Waals surface area (Å²) in [5, 5.41) is 28.7. The first-order valence-corrected chi connectivity index (χ1v) is 19.7. The van der Waals surface area contributed by atoms with Gasteiger partial charge < -0.3 is 0 Å². The zero-order valence-corrected chi connectivity index (χ0v) is 31.4. The number of aromatic nitrogens is 1. The summed E-state index contributed by atoms with van der Waals surface area (Å²) in [6.07, 6.45) is 1.95. The number of nitriles is 1. The summed E-state index contributed by atoms with van der Waals surface area (Å²) in [7, 11) is 0. The van der Waals surface area contributed by atoms with Gasteiger partial charge in [0.1, 0.15) is 0 Å². The van der Waals surface area contributed by atoms with Crippen LogP contribution in [0.3, 0.4) is 0 Å². The van der Waals surface area contributed by atoms with Crippen molar-refractivity contribution in [3.8, 4) is 39.4 Å². The Morgan fingerprint density at radius 3 is 1.59 bits per heavy atom. The van der Waals surface area contributed by atoms with Crippen molar-refractivity contribution < 1.29 is 0 Å². The number of benzene rings is 11. The van der Waals surface area contributed by atoms with Crippen LogP contribution in [0.4, 0.5) is 0 Å². The van der Waals surface area contributed by atoms with Gasteiger partial charge in [-0.25, -0.2) is 0 Å². The standard InChI is InChI=1S/C56H32N2/c57-32-34-25-39(28-40(26-34)51-29-38-24-21-35-11-1-2-12-42(35)55(38)48-18-8-6-16-46(48)51)41-27-37-23-22-36(30-54(37)58-33-41)52-31-53-45-15-4-3-13-43(45)44-14-5-9-19-49(44)56(53)50-20-10-7-17-47(50)52/h1-31,33H. The fourth-order valence-corrected chi connectivity index (χ4v) is 9.58. The van der Waals surface area contributed by atoms with E-state index in [0.717, 1.165) is 38.7 Å². The van der Waals surface area contributed by atoms with Crippen molar-refractivity contribution in [2.45, 2.75) is 0 Å². The third-order valence-electron chi connectivity index (χ3n) is 12.2. The summed E-state index contributed by atoms with van der Waals surface area (Å²) < 4.78 is 0. The molecule has 0 aliphatic carbocycles. The molecule has 2 nitrogen and oxygen atoms in total. The van der Waals surface area contributed by atoms with Gasteiger partial charge in [-0.05, 0) is 146 Å². The average Bonchev–Trinajstić information content (AvgIpc) is 3.30. The highest BCUT2D eigenvalue weighted by atomic mass is 14.6. The molecule has 0 saturated carbocycles. The summed E-state index contributed by atoms with van der Waals surface area (Å²) in [6.45, 7) is 0. The molecule has 0 spiro atoms. The predicted octanol–water partition coefficient (Wildman–Crippen LogP) is 15.2. The highest BCUT2D eigenvalue weighted by molar-refractivity contribution is 6.33. The molecular formula is C56H32N2. The fraction of sp³-hybridized carbons (Fsp3) is 0. The number of fused-ring (bicyclic) bond motifs is 14. The summed E-state index contributed by atoms with van der Waals surface area (Å²) in [5.74, 6) is 0. The highest BCUT2D eigenvalue weighted by Crippen LogP contribution is 2.44. The number of hydrogen-bond donors (Lipinski definition) is 0. The highest BCUT2D eigenvalue weighted by Gasteiger charge is 2.17. The SMILES string of the molecule is N#Cc1cc(-c2cnc3cc(-c4cc5c6ccccc6c6ccccc6c5c5ccccc45)ccc3c2)cc(-c2cc3ccc4ccccc4c3c3ccccc23)c1. The molecule has 0 N–H and O–H groups in total. The van der Waals surface area contributed by atoms with Crippen molar-refractivity contribution in [3.63, 3.8) is 0 Å². The molecule has 266 valence electrons. The van der Waals surface area contributed by atoms with Gasteiger partial charge in [0.15, 0.2) is 0 Å². The van der Waals surface area contributed by atoms with Crippen LogP contribution in [0.25, 0.3) is 120 Å². The van der Waals surface area contributed by atoms with Crippen LogP contribution in [0.5, 0.6) is 0 Å². The largest absolute Gasteiger partial charge is 0.256 e. The van der Waals surface area contributed by atoms with Crippen LogP contribution in [0.15, 0.2) is 194 Å². The van der Waals surface area contributed by atoms with Gasteiger partial charge >= 0.3 is 0 Å². The molecular weight excluding hydrogens is 701 g/mol. The third-order valence-corrected chi connectivity index (χ3v) is 12.2. The Kier molecular flexibility index (Phi) is 7.03. The monoisotopic (exact) mass is 732 g/mol. The summed E-state index contributed by atoms with van der Waals surface area (Å²) in [5.41, 5.74) is 7.94. The molecule has 0 saturated heterocycles. The number of rotatable bonds is 3. The van der Waals surface area contributed by atoms with Gasteiger partial charge in [0, 0.05) is 17.1 Å². The van der Waals surface area contributed by atoms with E-state index in [-0.39, 0.29) is 0 Å². The van der Waals surface area contributed by atoms with Gasteiger partial charge in [-0.2, -0.15) is 5.26 Å². The van der Waals surface area contributed by atoms with Crippen LogP contribution in [0.2, 0.25) is 0 Å². The number of hydrogen-bond acceptors (Lipinski definition) is 2. The van der Waals surface area contributed by atoms with Gasteiger partial charge in [0.25, 0.3) is 0 Å². The summed E-state index contributed by atoms with van der Waals surface area (Å²) in [4.78, 5) is 5.07. The molecule has 11 aromatic carbocycles. The van der Waals surface area contributed by atoms with E-state index in [2.05, 4.69) is 182 Å². The molecule has 0 fully saturated rings. The number of nitrogens with zero attached hydrogens (tertiary/aromatic N) is 2. The van der Waals surface area contributed by atoms with Crippen molar-refractivity contribution in [2.24, 2.45) is 0 Å². The lowest BCUT2D eigenvalue weighted by Gasteiger charge is -2.16. The van der Waals surface area contributed by atoms with E-state index in [1.807, 2.05) is 18.3 Å². The second kappa shape index (κ2) is 12.6. The Balaban J connectivity index is 1.01. The van der Waals surface area contributed by atoms with E-state index in [0.29, 0.717) is 5.56 Å². The maximum atomic E-state index is 10.3. The van der Waals surface area contributed by atoms with Gasteiger partial charge in [0.2, 0.25) is 0 Å². The topological polar surface area (TPSA) is 36.7 Å². The van der Waals surface area contributed by atoms with Gasteiger partial charge in [-0.3, -0.25) is 4.98 Å². The fourth-order valence-electron chi connectivity index (χ4n) is 9.58. The Morgan fingerprint density at radius 1 is 0.328 bits per heavy atom. The zero-order chi connectivity index (χ0) is 38.3. The average molecular weight is 733 g/mol. The lowest BCUT2D eigenvalue weighted by molar-refractivity contribution is 1.40. The van der Waals surface area contributed by atoms with E-state index in [1.54, 1.807) is 0 Å². The molecule has 0 aliphatic rings. The van der Waals surface area contributed by atoms with E-state index < -0.39 is 0 Å². The molecule has 0 atom stereocenters. The molecule has 12 aromatic rings. The van der Waals surface area contributed by atoms with Crippen LogP contribution in [0, 0.1) is 11.3 Å². The molecule has 1 heterocycles. The Hall–Kier alpha value is -7.86. The zero-order valence-electron chi connectivity index (χ0n) is 31.4. The maximum absolute atomic E-state index is 10.3. The van der Waals surface area contributed by atoms with Crippen LogP contribution in [-0.4, -0.2) is 4.98 Å². The van der Waals surface area contributed by atoms with Crippen LogP contribution in [-0.2, 0) is 0 Å². The lowest BCUT2D eigenvalue weighted by atomic mass is 9.87. The molecule has 0 amide bonds. The van der Waals surface area contributed by atoms with Crippen LogP contribution >= 0.6 is 0 Å². The molecule has 12 rings (SSSR count). The molecule has 58 heavy (non-hydrogen) atoms. The van der Waals surface area contributed by atoms with E-state index in [9.17, 15) is 5.26 Å². The smallest absolute Gasteiger partial charge is 0.0992 e.